The number of amides is 1. The predicted molar refractivity (Wildman–Crippen MR) is 73.0 cm³/mol. The SMILES string of the molecule is C=Cc1c(/C=C\C)[nH]c2c1CCNC2=O.CC. The van der Waals surface area contributed by atoms with Crippen molar-refractivity contribution >= 4 is 18.1 Å². The van der Waals surface area contributed by atoms with Crippen LogP contribution in [0.1, 0.15) is 48.1 Å². The number of hydrogen-bond acceptors (Lipinski definition) is 1. The van der Waals surface area contributed by atoms with Gasteiger partial charge >= 0.3 is 0 Å². The normalized spacial score (nSPS) is 13.7. The smallest absolute Gasteiger partial charge is 0.268 e. The average Bonchev–Trinajstić information content (AvgIpc) is 2.71. The van der Waals surface area contributed by atoms with E-state index in [0.29, 0.717) is 12.2 Å². The standard InChI is InChI=1S/C12H14N2O.C2H6/c1-3-5-10-8(4-2)9-6-7-13-12(15)11(9)14-10;1-2/h3-5,14H,2,6-7H2,1H3,(H,13,15);1-2H3/b5-3-;. The molecule has 0 radical (unpaired) electrons. The molecule has 0 bridgehead atoms. The lowest BCUT2D eigenvalue weighted by Crippen LogP contribution is -2.31. The number of hydrogen-bond donors (Lipinski definition) is 2. The zero-order valence-electron chi connectivity index (χ0n) is 10.8. The van der Waals surface area contributed by atoms with Crippen molar-refractivity contribution in [1.82, 2.24) is 10.3 Å². The molecule has 3 nitrogen and oxygen atoms in total. The second-order valence-electron chi connectivity index (χ2n) is 3.52. The molecule has 0 unspecified atom stereocenters. The van der Waals surface area contributed by atoms with Crippen LogP contribution >= 0.6 is 0 Å². The molecule has 92 valence electrons. The maximum Gasteiger partial charge on any atom is 0.268 e. The maximum absolute atomic E-state index is 11.6. The van der Waals surface area contributed by atoms with Gasteiger partial charge in [0.1, 0.15) is 5.69 Å². The van der Waals surface area contributed by atoms with E-state index in [4.69, 9.17) is 0 Å². The number of allylic oxidation sites excluding steroid dienone is 1. The number of rotatable bonds is 2. The molecule has 0 spiro atoms. The summed E-state index contributed by atoms with van der Waals surface area (Å²) in [6, 6.07) is 0. The highest BCUT2D eigenvalue weighted by molar-refractivity contribution is 5.97. The summed E-state index contributed by atoms with van der Waals surface area (Å²) in [4.78, 5) is 14.7. The predicted octanol–water partition coefficient (Wildman–Crippen LogP) is 3.00. The van der Waals surface area contributed by atoms with Crippen LogP contribution in [-0.2, 0) is 6.42 Å². The van der Waals surface area contributed by atoms with Gasteiger partial charge in [-0.15, -0.1) is 0 Å². The number of carbonyl (C=O) groups is 1. The molecule has 2 N–H and O–H groups in total. The van der Waals surface area contributed by atoms with Crippen molar-refractivity contribution in [2.45, 2.75) is 27.2 Å². The average molecular weight is 232 g/mol. The van der Waals surface area contributed by atoms with E-state index < -0.39 is 0 Å². The van der Waals surface area contributed by atoms with E-state index in [9.17, 15) is 4.79 Å². The first-order valence-electron chi connectivity index (χ1n) is 6.06. The van der Waals surface area contributed by atoms with Gasteiger partial charge in [0.25, 0.3) is 5.91 Å². The molecule has 1 aromatic rings. The molecular weight excluding hydrogens is 212 g/mol. The van der Waals surface area contributed by atoms with Crippen LogP contribution in [-0.4, -0.2) is 17.4 Å². The molecule has 1 aromatic heterocycles. The van der Waals surface area contributed by atoms with Crippen LogP contribution in [0.25, 0.3) is 12.2 Å². The Morgan fingerprint density at radius 2 is 2.06 bits per heavy atom. The van der Waals surface area contributed by atoms with Gasteiger partial charge in [-0.3, -0.25) is 4.79 Å². The zero-order chi connectivity index (χ0) is 12.8. The summed E-state index contributed by atoms with van der Waals surface area (Å²) >= 11 is 0. The molecule has 3 heteroatoms. The summed E-state index contributed by atoms with van der Waals surface area (Å²) in [6.45, 7) is 10.5. The van der Waals surface area contributed by atoms with Crippen LogP contribution in [0.2, 0.25) is 0 Å². The molecule has 1 amide bonds. The molecule has 2 rings (SSSR count). The minimum Gasteiger partial charge on any atom is -0.350 e. The molecule has 0 saturated heterocycles. The number of H-pyrrole nitrogens is 1. The fourth-order valence-corrected chi connectivity index (χ4v) is 1.95. The van der Waals surface area contributed by atoms with Crippen LogP contribution in [0.4, 0.5) is 0 Å². The molecule has 1 aliphatic heterocycles. The highest BCUT2D eigenvalue weighted by atomic mass is 16.1. The number of nitrogens with one attached hydrogen (secondary N) is 2. The largest absolute Gasteiger partial charge is 0.350 e. The highest BCUT2D eigenvalue weighted by Gasteiger charge is 2.22. The summed E-state index contributed by atoms with van der Waals surface area (Å²) in [5.41, 5.74) is 3.79. The van der Waals surface area contributed by atoms with Crippen molar-refractivity contribution in [2.75, 3.05) is 6.54 Å². The van der Waals surface area contributed by atoms with Gasteiger partial charge in [-0.05, 0) is 25.0 Å². The quantitative estimate of drug-likeness (QED) is 0.809. The second-order valence-corrected chi connectivity index (χ2v) is 3.52. The van der Waals surface area contributed by atoms with Crippen molar-refractivity contribution < 1.29 is 4.79 Å². The van der Waals surface area contributed by atoms with Gasteiger partial charge in [0.15, 0.2) is 0 Å². The Bertz CT molecular complexity index is 441. The summed E-state index contributed by atoms with van der Waals surface area (Å²) in [7, 11) is 0. The Balaban J connectivity index is 0.000000686. The van der Waals surface area contributed by atoms with E-state index in [-0.39, 0.29) is 5.91 Å². The van der Waals surface area contributed by atoms with Crippen molar-refractivity contribution in [3.8, 4) is 0 Å². The van der Waals surface area contributed by atoms with Crippen LogP contribution < -0.4 is 5.32 Å². The first-order chi connectivity index (χ1) is 8.27. The fourth-order valence-electron chi connectivity index (χ4n) is 1.95. The molecule has 0 saturated carbocycles. The van der Waals surface area contributed by atoms with E-state index >= 15 is 0 Å². The van der Waals surface area contributed by atoms with E-state index in [1.54, 1.807) is 0 Å². The Morgan fingerprint density at radius 1 is 1.35 bits per heavy atom. The molecule has 0 aromatic carbocycles. The van der Waals surface area contributed by atoms with Crippen LogP contribution in [0.15, 0.2) is 12.7 Å². The third-order valence-corrected chi connectivity index (χ3v) is 2.60. The van der Waals surface area contributed by atoms with Gasteiger partial charge in [-0.2, -0.15) is 0 Å². The van der Waals surface area contributed by atoms with Gasteiger partial charge in [-0.25, -0.2) is 0 Å². The molecule has 1 aliphatic rings. The van der Waals surface area contributed by atoms with Crippen LogP contribution in [0, 0.1) is 0 Å². The van der Waals surface area contributed by atoms with E-state index in [2.05, 4.69) is 16.9 Å². The van der Waals surface area contributed by atoms with Crippen LogP contribution in [0.5, 0.6) is 0 Å². The lowest BCUT2D eigenvalue weighted by Gasteiger charge is -2.12. The summed E-state index contributed by atoms with van der Waals surface area (Å²) in [5, 5.41) is 2.82. The van der Waals surface area contributed by atoms with E-state index in [1.807, 2.05) is 39.0 Å². The Labute approximate surface area is 103 Å². The Kier molecular flexibility index (Phi) is 4.76. The first kappa shape index (κ1) is 13.3. The molecule has 0 fully saturated rings. The zero-order valence-corrected chi connectivity index (χ0v) is 10.8. The first-order valence-corrected chi connectivity index (χ1v) is 6.06. The van der Waals surface area contributed by atoms with Gasteiger partial charge in [0.2, 0.25) is 0 Å². The number of aromatic amines is 1. The van der Waals surface area contributed by atoms with Crippen LogP contribution in [0.3, 0.4) is 0 Å². The van der Waals surface area contributed by atoms with E-state index in [0.717, 1.165) is 23.2 Å². The fraction of sp³-hybridized carbons (Fsp3) is 0.357. The van der Waals surface area contributed by atoms with E-state index in [1.165, 1.54) is 0 Å². The molecule has 17 heavy (non-hydrogen) atoms. The summed E-state index contributed by atoms with van der Waals surface area (Å²) in [5.74, 6) is -0.0184. The topological polar surface area (TPSA) is 44.9 Å². The lowest BCUT2D eigenvalue weighted by molar-refractivity contribution is 0.0941. The maximum atomic E-state index is 11.6. The number of fused-ring (bicyclic) bond motifs is 1. The second kappa shape index (κ2) is 6.09. The number of carbonyl (C=O) groups excluding carboxylic acids is 1. The number of aromatic nitrogens is 1. The summed E-state index contributed by atoms with van der Waals surface area (Å²) < 4.78 is 0. The molecule has 0 atom stereocenters. The minimum absolute atomic E-state index is 0.0184. The van der Waals surface area contributed by atoms with Crippen molar-refractivity contribution in [1.29, 1.82) is 0 Å². The van der Waals surface area contributed by atoms with Gasteiger partial charge < -0.3 is 10.3 Å². The highest BCUT2D eigenvalue weighted by Crippen LogP contribution is 2.24. The third-order valence-electron chi connectivity index (χ3n) is 2.60. The van der Waals surface area contributed by atoms with Crippen molar-refractivity contribution in [3.05, 3.63) is 35.2 Å². The lowest BCUT2D eigenvalue weighted by atomic mass is 10.0. The Hall–Kier alpha value is -1.77. The summed E-state index contributed by atoms with van der Waals surface area (Å²) in [6.07, 6.45) is 6.59. The van der Waals surface area contributed by atoms with Crippen molar-refractivity contribution in [2.24, 2.45) is 0 Å². The molecule has 0 aliphatic carbocycles. The van der Waals surface area contributed by atoms with Gasteiger partial charge in [-0.1, -0.05) is 32.6 Å². The monoisotopic (exact) mass is 232 g/mol. The molecular formula is C14H20N2O. The molecule has 2 heterocycles. The van der Waals surface area contributed by atoms with Gasteiger partial charge in [0.05, 0.1) is 0 Å². The van der Waals surface area contributed by atoms with Crippen molar-refractivity contribution in [3.63, 3.8) is 0 Å². The third kappa shape index (κ3) is 2.49. The van der Waals surface area contributed by atoms with Gasteiger partial charge in [0, 0.05) is 17.8 Å². The minimum atomic E-state index is -0.0184. The Morgan fingerprint density at radius 3 is 2.65 bits per heavy atom.